The van der Waals surface area contributed by atoms with Gasteiger partial charge in [0.25, 0.3) is 5.91 Å². The van der Waals surface area contributed by atoms with Crippen molar-refractivity contribution in [3.05, 3.63) is 65.5 Å². The molecule has 0 saturated heterocycles. The number of carbonyl (C=O) groups excluding carboxylic acids is 2. The molecule has 0 aliphatic rings. The van der Waals surface area contributed by atoms with Crippen molar-refractivity contribution in [1.29, 1.82) is 0 Å². The van der Waals surface area contributed by atoms with Gasteiger partial charge in [0.1, 0.15) is 5.82 Å². The lowest BCUT2D eigenvalue weighted by molar-refractivity contribution is -0.123. The molecule has 0 radical (unpaired) electrons. The second-order valence-electron chi connectivity index (χ2n) is 4.91. The minimum Gasteiger partial charge on any atom is -0.449 e. The molecule has 0 fully saturated rings. The number of hydrogen-bond donors (Lipinski definition) is 1. The highest BCUT2D eigenvalue weighted by Crippen LogP contribution is 2.11. The predicted molar refractivity (Wildman–Crippen MR) is 81.1 cm³/mol. The largest absolute Gasteiger partial charge is 0.449 e. The summed E-state index contributed by atoms with van der Waals surface area (Å²) in [6, 6.07) is 12.3. The van der Waals surface area contributed by atoms with Gasteiger partial charge in [0.2, 0.25) is 0 Å². The zero-order valence-electron chi connectivity index (χ0n) is 12.3. The molecule has 1 N–H and O–H groups in total. The standard InChI is InChI=1S/C17H16FNO3/c1-11-4-3-5-13(10-11)17(21)22-12(2)16(20)19-15-8-6-14(18)7-9-15/h3-10,12H,1-2H3,(H,19,20). The number of amides is 1. The molecule has 5 heteroatoms. The smallest absolute Gasteiger partial charge is 0.338 e. The van der Waals surface area contributed by atoms with Crippen molar-refractivity contribution in [2.75, 3.05) is 5.32 Å². The van der Waals surface area contributed by atoms with Crippen LogP contribution in [-0.2, 0) is 9.53 Å². The van der Waals surface area contributed by atoms with Gasteiger partial charge in [-0.1, -0.05) is 17.7 Å². The first kappa shape index (κ1) is 15.7. The van der Waals surface area contributed by atoms with Gasteiger partial charge in [-0.05, 0) is 50.2 Å². The Morgan fingerprint density at radius 2 is 1.82 bits per heavy atom. The Hall–Kier alpha value is -2.69. The van der Waals surface area contributed by atoms with E-state index in [1.807, 2.05) is 13.0 Å². The third-order valence-electron chi connectivity index (χ3n) is 3.02. The molecule has 0 bridgehead atoms. The fraction of sp³-hybridized carbons (Fsp3) is 0.176. The Bertz CT molecular complexity index is 683. The quantitative estimate of drug-likeness (QED) is 0.881. The Kier molecular flexibility index (Phi) is 4.88. The number of rotatable bonds is 4. The van der Waals surface area contributed by atoms with Crippen LogP contribution in [0.4, 0.5) is 10.1 Å². The number of nitrogens with one attached hydrogen (secondary N) is 1. The van der Waals surface area contributed by atoms with Crippen molar-refractivity contribution < 1.29 is 18.7 Å². The van der Waals surface area contributed by atoms with Crippen LogP contribution in [0.5, 0.6) is 0 Å². The first-order valence-corrected chi connectivity index (χ1v) is 6.80. The van der Waals surface area contributed by atoms with Crippen LogP contribution in [0, 0.1) is 12.7 Å². The van der Waals surface area contributed by atoms with E-state index < -0.39 is 23.8 Å². The molecular formula is C17H16FNO3. The topological polar surface area (TPSA) is 55.4 Å². The summed E-state index contributed by atoms with van der Waals surface area (Å²) in [5.41, 5.74) is 1.75. The zero-order valence-corrected chi connectivity index (χ0v) is 12.3. The SMILES string of the molecule is Cc1cccc(C(=O)OC(C)C(=O)Nc2ccc(F)cc2)c1. The van der Waals surface area contributed by atoms with Crippen molar-refractivity contribution in [2.45, 2.75) is 20.0 Å². The normalized spacial score (nSPS) is 11.6. The van der Waals surface area contributed by atoms with Gasteiger partial charge in [-0.15, -0.1) is 0 Å². The molecule has 0 heterocycles. The molecule has 0 spiro atoms. The summed E-state index contributed by atoms with van der Waals surface area (Å²) >= 11 is 0. The zero-order chi connectivity index (χ0) is 16.1. The highest BCUT2D eigenvalue weighted by Gasteiger charge is 2.19. The molecule has 1 unspecified atom stereocenters. The fourth-order valence-electron chi connectivity index (χ4n) is 1.83. The molecule has 0 aliphatic carbocycles. The van der Waals surface area contributed by atoms with Gasteiger partial charge in [-0.3, -0.25) is 4.79 Å². The summed E-state index contributed by atoms with van der Waals surface area (Å²) in [4.78, 5) is 23.9. The number of halogens is 1. The minimum absolute atomic E-state index is 0.390. The Morgan fingerprint density at radius 3 is 2.45 bits per heavy atom. The number of carbonyl (C=O) groups is 2. The number of benzene rings is 2. The molecule has 0 aliphatic heterocycles. The Morgan fingerprint density at radius 1 is 1.14 bits per heavy atom. The van der Waals surface area contributed by atoms with Gasteiger partial charge >= 0.3 is 5.97 Å². The van der Waals surface area contributed by atoms with Crippen LogP contribution >= 0.6 is 0 Å². The summed E-state index contributed by atoms with van der Waals surface area (Å²) in [6.07, 6.45) is -0.960. The van der Waals surface area contributed by atoms with E-state index in [-0.39, 0.29) is 0 Å². The molecule has 114 valence electrons. The van der Waals surface area contributed by atoms with Crippen LogP contribution in [0.15, 0.2) is 48.5 Å². The number of hydrogen-bond acceptors (Lipinski definition) is 3. The molecule has 2 aromatic carbocycles. The minimum atomic E-state index is -0.960. The monoisotopic (exact) mass is 301 g/mol. The van der Waals surface area contributed by atoms with Crippen molar-refractivity contribution >= 4 is 17.6 Å². The number of ether oxygens (including phenoxy) is 1. The van der Waals surface area contributed by atoms with E-state index in [1.165, 1.54) is 31.2 Å². The summed E-state index contributed by atoms with van der Waals surface area (Å²) < 4.78 is 17.9. The third-order valence-corrected chi connectivity index (χ3v) is 3.02. The van der Waals surface area contributed by atoms with Crippen LogP contribution in [0.1, 0.15) is 22.8 Å². The number of anilines is 1. The second-order valence-corrected chi connectivity index (χ2v) is 4.91. The van der Waals surface area contributed by atoms with Crippen molar-refractivity contribution in [1.82, 2.24) is 0 Å². The summed E-state index contributed by atoms with van der Waals surface area (Å²) in [5.74, 6) is -1.44. The molecule has 1 atom stereocenters. The van der Waals surface area contributed by atoms with Gasteiger partial charge in [-0.25, -0.2) is 9.18 Å². The van der Waals surface area contributed by atoms with Gasteiger partial charge in [-0.2, -0.15) is 0 Å². The maximum Gasteiger partial charge on any atom is 0.338 e. The van der Waals surface area contributed by atoms with E-state index in [0.29, 0.717) is 11.3 Å². The van der Waals surface area contributed by atoms with Gasteiger partial charge < -0.3 is 10.1 Å². The van der Waals surface area contributed by atoms with E-state index >= 15 is 0 Å². The van der Waals surface area contributed by atoms with E-state index in [4.69, 9.17) is 4.74 Å². The maximum absolute atomic E-state index is 12.8. The molecule has 0 aromatic heterocycles. The van der Waals surface area contributed by atoms with Gasteiger partial charge in [0.15, 0.2) is 6.10 Å². The Labute approximate surface area is 127 Å². The van der Waals surface area contributed by atoms with Crippen molar-refractivity contribution in [3.63, 3.8) is 0 Å². The van der Waals surface area contributed by atoms with Crippen molar-refractivity contribution in [2.24, 2.45) is 0 Å². The molecule has 2 aromatic rings. The maximum atomic E-state index is 12.8. The lowest BCUT2D eigenvalue weighted by Crippen LogP contribution is -2.30. The molecular weight excluding hydrogens is 285 g/mol. The lowest BCUT2D eigenvalue weighted by Gasteiger charge is -2.13. The first-order chi connectivity index (χ1) is 10.5. The lowest BCUT2D eigenvalue weighted by atomic mass is 10.1. The van der Waals surface area contributed by atoms with Crippen molar-refractivity contribution in [3.8, 4) is 0 Å². The first-order valence-electron chi connectivity index (χ1n) is 6.80. The van der Waals surface area contributed by atoms with E-state index in [9.17, 15) is 14.0 Å². The average molecular weight is 301 g/mol. The molecule has 4 nitrogen and oxygen atoms in total. The van der Waals surface area contributed by atoms with Crippen LogP contribution in [-0.4, -0.2) is 18.0 Å². The Balaban J connectivity index is 1.96. The van der Waals surface area contributed by atoms with Gasteiger partial charge in [0, 0.05) is 5.69 Å². The molecule has 2 rings (SSSR count). The highest BCUT2D eigenvalue weighted by atomic mass is 19.1. The van der Waals surface area contributed by atoms with Crippen LogP contribution in [0.3, 0.4) is 0 Å². The van der Waals surface area contributed by atoms with E-state index in [0.717, 1.165) is 5.56 Å². The third kappa shape index (κ3) is 4.15. The van der Waals surface area contributed by atoms with E-state index in [1.54, 1.807) is 18.2 Å². The summed E-state index contributed by atoms with van der Waals surface area (Å²) in [7, 11) is 0. The summed E-state index contributed by atoms with van der Waals surface area (Å²) in [5, 5.41) is 2.55. The fourth-order valence-corrected chi connectivity index (χ4v) is 1.83. The van der Waals surface area contributed by atoms with Gasteiger partial charge in [0.05, 0.1) is 5.56 Å². The summed E-state index contributed by atoms with van der Waals surface area (Å²) in [6.45, 7) is 3.34. The van der Waals surface area contributed by atoms with Crippen LogP contribution < -0.4 is 5.32 Å². The van der Waals surface area contributed by atoms with Crippen LogP contribution in [0.2, 0.25) is 0 Å². The average Bonchev–Trinajstić information content (AvgIpc) is 2.49. The highest BCUT2D eigenvalue weighted by molar-refractivity contribution is 5.97. The van der Waals surface area contributed by atoms with E-state index in [2.05, 4.69) is 5.32 Å². The number of aryl methyl sites for hydroxylation is 1. The molecule has 1 amide bonds. The number of esters is 1. The molecule has 22 heavy (non-hydrogen) atoms. The molecule has 0 saturated carbocycles. The van der Waals surface area contributed by atoms with Crippen LogP contribution in [0.25, 0.3) is 0 Å². The predicted octanol–water partition coefficient (Wildman–Crippen LogP) is 3.32. The second kappa shape index (κ2) is 6.85.